The molecule has 2 aliphatic heterocycles. The van der Waals surface area contributed by atoms with E-state index in [0.29, 0.717) is 40.6 Å². The number of halogens is 3. The van der Waals surface area contributed by atoms with Gasteiger partial charge in [0.15, 0.2) is 5.82 Å². The largest absolute Gasteiger partial charge is 0.368 e. The number of carbonyl (C=O) groups excluding carboxylic acids is 1. The third-order valence-electron chi connectivity index (χ3n) is 6.90. The molecular formula is C25H19ClF2N6O. The quantitative estimate of drug-likeness (QED) is 0.428. The van der Waals surface area contributed by atoms with E-state index in [-0.39, 0.29) is 40.2 Å². The first-order chi connectivity index (χ1) is 16.9. The first-order valence-electron chi connectivity index (χ1n) is 11.1. The molecule has 7 nitrogen and oxygen atoms in total. The fourth-order valence-electron chi connectivity index (χ4n) is 5.23. The van der Waals surface area contributed by atoms with E-state index in [0.717, 1.165) is 6.42 Å². The van der Waals surface area contributed by atoms with Gasteiger partial charge in [-0.05, 0) is 23.9 Å². The van der Waals surface area contributed by atoms with E-state index < -0.39 is 11.6 Å². The van der Waals surface area contributed by atoms with E-state index in [4.69, 9.17) is 17.3 Å². The smallest absolute Gasteiger partial charge is 0.246 e. The summed E-state index contributed by atoms with van der Waals surface area (Å²) >= 11 is 6.25. The lowest BCUT2D eigenvalue weighted by molar-refractivity contribution is -0.127. The Morgan fingerprint density at radius 3 is 2.83 bits per heavy atom. The highest BCUT2D eigenvalue weighted by Crippen LogP contribution is 2.41. The third kappa shape index (κ3) is 3.15. The second kappa shape index (κ2) is 7.84. The molecule has 2 aromatic heterocycles. The van der Waals surface area contributed by atoms with Crippen molar-refractivity contribution >= 4 is 50.9 Å². The predicted octanol–water partition coefficient (Wildman–Crippen LogP) is 4.33. The van der Waals surface area contributed by atoms with E-state index in [9.17, 15) is 9.18 Å². The maximum atomic E-state index is 15.9. The van der Waals surface area contributed by atoms with Crippen LogP contribution in [0.2, 0.25) is 5.02 Å². The van der Waals surface area contributed by atoms with Crippen molar-refractivity contribution in [1.29, 1.82) is 0 Å². The van der Waals surface area contributed by atoms with Gasteiger partial charge in [0.1, 0.15) is 22.8 Å². The van der Waals surface area contributed by atoms with Gasteiger partial charge in [0.05, 0.1) is 22.5 Å². The number of aromatic nitrogens is 3. The molecule has 35 heavy (non-hydrogen) atoms. The molecule has 1 amide bonds. The molecule has 176 valence electrons. The zero-order chi connectivity index (χ0) is 24.4. The van der Waals surface area contributed by atoms with E-state index in [1.54, 1.807) is 29.2 Å². The van der Waals surface area contributed by atoms with Crippen molar-refractivity contribution in [2.75, 3.05) is 23.7 Å². The first kappa shape index (κ1) is 21.7. The van der Waals surface area contributed by atoms with E-state index in [1.807, 2.05) is 4.90 Å². The van der Waals surface area contributed by atoms with Crippen LogP contribution in [0, 0.1) is 11.6 Å². The monoisotopic (exact) mass is 492 g/mol. The Balaban J connectivity index is 1.47. The maximum Gasteiger partial charge on any atom is 0.246 e. The number of fused-ring (bicyclic) bond motifs is 3. The summed E-state index contributed by atoms with van der Waals surface area (Å²) in [4.78, 5) is 28.9. The van der Waals surface area contributed by atoms with Gasteiger partial charge < -0.3 is 15.5 Å². The van der Waals surface area contributed by atoms with Crippen LogP contribution in [0.4, 0.5) is 20.5 Å². The summed E-state index contributed by atoms with van der Waals surface area (Å²) in [5.74, 6) is -1.01. The van der Waals surface area contributed by atoms with Crippen LogP contribution in [0.25, 0.3) is 32.9 Å². The van der Waals surface area contributed by atoms with Crippen LogP contribution in [0.1, 0.15) is 6.42 Å². The number of nitrogen functional groups attached to an aromatic ring is 1. The van der Waals surface area contributed by atoms with Crippen molar-refractivity contribution in [3.63, 3.8) is 0 Å². The SMILES string of the molecule is C=CC(=O)N1CC[C@@H]2[C@H]1CN2c1nc(N)nc2c(F)c(-c3cccc4ccc(F)c(Cl)c34)ncc12. The molecule has 2 aliphatic rings. The fourth-order valence-corrected chi connectivity index (χ4v) is 5.50. The van der Waals surface area contributed by atoms with Gasteiger partial charge >= 0.3 is 0 Å². The van der Waals surface area contributed by atoms with Gasteiger partial charge in [0.2, 0.25) is 11.9 Å². The highest BCUT2D eigenvalue weighted by molar-refractivity contribution is 6.36. The molecule has 2 fully saturated rings. The normalized spacial score (nSPS) is 19.2. The molecule has 2 saturated heterocycles. The van der Waals surface area contributed by atoms with Gasteiger partial charge in [-0.3, -0.25) is 9.78 Å². The predicted molar refractivity (Wildman–Crippen MR) is 131 cm³/mol. The summed E-state index contributed by atoms with van der Waals surface area (Å²) in [6.07, 6.45) is 3.57. The first-order valence-corrected chi connectivity index (χ1v) is 11.5. The molecule has 0 saturated carbocycles. The molecule has 0 bridgehead atoms. The lowest BCUT2D eigenvalue weighted by atomic mass is 9.96. The van der Waals surface area contributed by atoms with E-state index in [1.165, 1.54) is 18.3 Å². The Morgan fingerprint density at radius 2 is 2.03 bits per heavy atom. The Morgan fingerprint density at radius 1 is 1.20 bits per heavy atom. The summed E-state index contributed by atoms with van der Waals surface area (Å²) in [7, 11) is 0. The molecule has 0 spiro atoms. The minimum Gasteiger partial charge on any atom is -0.368 e. The van der Waals surface area contributed by atoms with Crippen LogP contribution < -0.4 is 10.6 Å². The molecule has 4 heterocycles. The number of likely N-dealkylation sites (tertiary alicyclic amines) is 1. The van der Waals surface area contributed by atoms with E-state index >= 15 is 4.39 Å². The Kier molecular flexibility index (Phi) is 4.86. The van der Waals surface area contributed by atoms with Gasteiger partial charge in [-0.25, -0.2) is 13.8 Å². The van der Waals surface area contributed by atoms with Gasteiger partial charge in [-0.1, -0.05) is 42.4 Å². The number of benzene rings is 2. The van der Waals surface area contributed by atoms with Gasteiger partial charge in [0.25, 0.3) is 0 Å². The second-order valence-electron chi connectivity index (χ2n) is 8.67. The topological polar surface area (TPSA) is 88.2 Å². The van der Waals surface area contributed by atoms with Gasteiger partial charge in [-0.15, -0.1) is 0 Å². The highest BCUT2D eigenvalue weighted by atomic mass is 35.5. The molecule has 0 aliphatic carbocycles. The lowest BCUT2D eigenvalue weighted by Crippen LogP contribution is -2.63. The van der Waals surface area contributed by atoms with Crippen LogP contribution in [0.3, 0.4) is 0 Å². The molecule has 4 aromatic rings. The van der Waals surface area contributed by atoms with Crippen molar-refractivity contribution in [3.8, 4) is 11.3 Å². The number of pyridine rings is 1. The standard InChI is InChI=1S/C25H19ClF2N6O/c1-2-18(35)33-9-8-16-17(33)11-34(16)24-14-10-30-22(21(28)23(14)31-25(29)32-24)13-5-3-4-12-6-7-15(27)20(26)19(12)13/h2-7,10,16-17H,1,8-9,11H2,(H2,29,31,32)/t16-,17-/m1/s1. The van der Waals surface area contributed by atoms with Crippen LogP contribution in [0.5, 0.6) is 0 Å². The van der Waals surface area contributed by atoms with Crippen LogP contribution in [-0.4, -0.2) is 50.9 Å². The second-order valence-corrected chi connectivity index (χ2v) is 9.04. The molecule has 2 atom stereocenters. The zero-order valence-electron chi connectivity index (χ0n) is 18.4. The highest BCUT2D eigenvalue weighted by Gasteiger charge is 2.49. The van der Waals surface area contributed by atoms with Crippen molar-refractivity contribution in [2.24, 2.45) is 0 Å². The Bertz CT molecular complexity index is 1560. The third-order valence-corrected chi connectivity index (χ3v) is 7.27. The average molecular weight is 493 g/mol. The molecule has 2 N–H and O–H groups in total. The summed E-state index contributed by atoms with van der Waals surface area (Å²) in [6, 6.07) is 8.07. The Hall–Kier alpha value is -3.85. The summed E-state index contributed by atoms with van der Waals surface area (Å²) in [5, 5.41) is 1.33. The molecular weight excluding hydrogens is 474 g/mol. The van der Waals surface area contributed by atoms with Crippen molar-refractivity contribution in [1.82, 2.24) is 19.9 Å². The van der Waals surface area contributed by atoms with Gasteiger partial charge in [-0.2, -0.15) is 4.98 Å². The molecule has 6 rings (SSSR count). The van der Waals surface area contributed by atoms with Crippen molar-refractivity contribution in [3.05, 3.63) is 65.8 Å². The number of amides is 1. The van der Waals surface area contributed by atoms with Crippen LogP contribution in [0.15, 0.2) is 49.2 Å². The zero-order valence-corrected chi connectivity index (χ0v) is 19.1. The summed E-state index contributed by atoms with van der Waals surface area (Å²) in [5.41, 5.74) is 6.34. The summed E-state index contributed by atoms with van der Waals surface area (Å²) in [6.45, 7) is 4.72. The molecule has 0 radical (unpaired) electrons. The lowest BCUT2D eigenvalue weighted by Gasteiger charge is -2.47. The fraction of sp³-hybridized carbons (Fsp3) is 0.200. The number of anilines is 2. The van der Waals surface area contributed by atoms with E-state index in [2.05, 4.69) is 21.5 Å². The summed E-state index contributed by atoms with van der Waals surface area (Å²) < 4.78 is 30.1. The maximum absolute atomic E-state index is 15.9. The molecule has 0 unspecified atom stereocenters. The number of rotatable bonds is 3. The number of hydrogen-bond donors (Lipinski definition) is 1. The Labute approximate surface area is 203 Å². The average Bonchev–Trinajstić information content (AvgIpc) is 3.17. The van der Waals surface area contributed by atoms with Crippen molar-refractivity contribution < 1.29 is 13.6 Å². The number of hydrogen-bond acceptors (Lipinski definition) is 6. The minimum atomic E-state index is -0.697. The minimum absolute atomic E-state index is 0.00948. The molecule has 10 heteroatoms. The van der Waals surface area contributed by atoms with Crippen LogP contribution in [-0.2, 0) is 4.79 Å². The van der Waals surface area contributed by atoms with Crippen LogP contribution >= 0.6 is 11.6 Å². The number of nitrogens with zero attached hydrogens (tertiary/aromatic N) is 5. The molecule has 2 aromatic carbocycles. The van der Waals surface area contributed by atoms with Gasteiger partial charge in [0, 0.05) is 30.2 Å². The van der Waals surface area contributed by atoms with Crippen molar-refractivity contribution in [2.45, 2.75) is 18.5 Å². The number of nitrogens with two attached hydrogens (primary N) is 1. The number of carbonyl (C=O) groups is 1.